The summed E-state index contributed by atoms with van der Waals surface area (Å²) in [6.07, 6.45) is 5.54. The van der Waals surface area contributed by atoms with E-state index in [9.17, 15) is 0 Å². The Bertz CT molecular complexity index is 281. The lowest BCUT2D eigenvalue weighted by molar-refractivity contribution is 0.673. The molecule has 2 rings (SSSR count). The SMILES string of the molecule is Cc1nccc(CCNC2CC2)n1. The van der Waals surface area contributed by atoms with Crippen LogP contribution in [0.1, 0.15) is 24.4 Å². The second-order valence-corrected chi connectivity index (χ2v) is 3.57. The predicted octanol–water partition coefficient (Wildman–Crippen LogP) is 1.08. The minimum Gasteiger partial charge on any atom is -0.314 e. The lowest BCUT2D eigenvalue weighted by Crippen LogP contribution is -2.19. The topological polar surface area (TPSA) is 37.8 Å². The van der Waals surface area contributed by atoms with E-state index in [-0.39, 0.29) is 0 Å². The molecule has 0 atom stereocenters. The van der Waals surface area contributed by atoms with Gasteiger partial charge in [0.15, 0.2) is 0 Å². The van der Waals surface area contributed by atoms with Crippen molar-refractivity contribution in [3.8, 4) is 0 Å². The molecule has 1 N–H and O–H groups in total. The zero-order chi connectivity index (χ0) is 9.10. The Morgan fingerprint density at radius 1 is 1.54 bits per heavy atom. The molecule has 0 spiro atoms. The van der Waals surface area contributed by atoms with Gasteiger partial charge in [-0.05, 0) is 25.8 Å². The van der Waals surface area contributed by atoms with E-state index in [2.05, 4.69) is 15.3 Å². The van der Waals surface area contributed by atoms with Crippen molar-refractivity contribution in [3.63, 3.8) is 0 Å². The maximum absolute atomic E-state index is 4.34. The maximum atomic E-state index is 4.34. The second kappa shape index (κ2) is 3.83. The minimum atomic E-state index is 0.794. The number of nitrogens with one attached hydrogen (secondary N) is 1. The normalized spacial score (nSPS) is 16.1. The summed E-state index contributed by atoms with van der Waals surface area (Å²) < 4.78 is 0. The van der Waals surface area contributed by atoms with Gasteiger partial charge < -0.3 is 5.32 Å². The van der Waals surface area contributed by atoms with Crippen molar-refractivity contribution in [1.82, 2.24) is 15.3 Å². The van der Waals surface area contributed by atoms with Crippen molar-refractivity contribution in [2.75, 3.05) is 6.54 Å². The molecule has 1 aromatic heterocycles. The Morgan fingerprint density at radius 3 is 3.08 bits per heavy atom. The third-order valence-corrected chi connectivity index (χ3v) is 2.23. The molecule has 70 valence electrons. The quantitative estimate of drug-likeness (QED) is 0.747. The Hall–Kier alpha value is -0.960. The van der Waals surface area contributed by atoms with E-state index >= 15 is 0 Å². The summed E-state index contributed by atoms with van der Waals surface area (Å²) in [5.74, 6) is 0.865. The summed E-state index contributed by atoms with van der Waals surface area (Å²) in [7, 11) is 0. The van der Waals surface area contributed by atoms with Crippen LogP contribution < -0.4 is 5.32 Å². The lowest BCUT2D eigenvalue weighted by atomic mass is 10.3. The molecule has 0 amide bonds. The van der Waals surface area contributed by atoms with Crippen LogP contribution in [0.4, 0.5) is 0 Å². The van der Waals surface area contributed by atoms with Crippen LogP contribution in [-0.4, -0.2) is 22.6 Å². The molecule has 0 radical (unpaired) electrons. The van der Waals surface area contributed by atoms with Gasteiger partial charge >= 0.3 is 0 Å². The molecule has 0 aromatic carbocycles. The molecule has 3 nitrogen and oxygen atoms in total. The van der Waals surface area contributed by atoms with E-state index in [0.29, 0.717) is 0 Å². The zero-order valence-corrected chi connectivity index (χ0v) is 7.95. The molecule has 1 fully saturated rings. The average Bonchev–Trinajstić information content (AvgIpc) is 2.88. The Labute approximate surface area is 78.6 Å². The first-order valence-electron chi connectivity index (χ1n) is 4.86. The number of nitrogens with zero attached hydrogens (tertiary/aromatic N) is 2. The van der Waals surface area contributed by atoms with E-state index in [1.54, 1.807) is 0 Å². The van der Waals surface area contributed by atoms with Crippen LogP contribution in [0.5, 0.6) is 0 Å². The fraction of sp³-hybridized carbons (Fsp3) is 0.600. The Balaban J connectivity index is 1.79. The van der Waals surface area contributed by atoms with Crippen LogP contribution >= 0.6 is 0 Å². The van der Waals surface area contributed by atoms with Crippen LogP contribution in [-0.2, 0) is 6.42 Å². The van der Waals surface area contributed by atoms with Gasteiger partial charge in [0.2, 0.25) is 0 Å². The standard InChI is InChI=1S/C10H15N3/c1-8-11-6-4-10(13-8)5-7-12-9-2-3-9/h4,6,9,12H,2-3,5,7H2,1H3. The Kier molecular flexibility index (Phi) is 2.54. The van der Waals surface area contributed by atoms with Crippen molar-refractivity contribution in [1.29, 1.82) is 0 Å². The first-order valence-corrected chi connectivity index (χ1v) is 4.86. The average molecular weight is 177 g/mol. The highest BCUT2D eigenvalue weighted by molar-refractivity contribution is 5.02. The van der Waals surface area contributed by atoms with Crippen molar-refractivity contribution < 1.29 is 0 Å². The van der Waals surface area contributed by atoms with Crippen LogP contribution in [0.3, 0.4) is 0 Å². The van der Waals surface area contributed by atoms with Crippen LogP contribution in [0, 0.1) is 6.92 Å². The van der Waals surface area contributed by atoms with Gasteiger partial charge in [0.05, 0.1) is 0 Å². The highest BCUT2D eigenvalue weighted by atomic mass is 14.9. The summed E-state index contributed by atoms with van der Waals surface area (Å²) in [4.78, 5) is 8.40. The summed E-state index contributed by atoms with van der Waals surface area (Å²) >= 11 is 0. The molecule has 1 aliphatic carbocycles. The first kappa shape index (κ1) is 8.63. The van der Waals surface area contributed by atoms with Gasteiger partial charge in [-0.1, -0.05) is 0 Å². The van der Waals surface area contributed by atoms with Crippen molar-refractivity contribution >= 4 is 0 Å². The number of aromatic nitrogens is 2. The molecule has 1 heterocycles. The number of hydrogen-bond donors (Lipinski definition) is 1. The van der Waals surface area contributed by atoms with Crippen LogP contribution in [0.2, 0.25) is 0 Å². The molecule has 0 saturated heterocycles. The Morgan fingerprint density at radius 2 is 2.38 bits per heavy atom. The van der Waals surface area contributed by atoms with Crippen LogP contribution in [0.25, 0.3) is 0 Å². The van der Waals surface area contributed by atoms with Crippen LogP contribution in [0.15, 0.2) is 12.3 Å². The number of hydrogen-bond acceptors (Lipinski definition) is 3. The highest BCUT2D eigenvalue weighted by Crippen LogP contribution is 2.18. The minimum absolute atomic E-state index is 0.794. The van der Waals surface area contributed by atoms with Crippen molar-refractivity contribution in [2.24, 2.45) is 0 Å². The summed E-state index contributed by atoms with van der Waals surface area (Å²) in [5, 5.41) is 3.46. The second-order valence-electron chi connectivity index (χ2n) is 3.57. The van der Waals surface area contributed by atoms with Gasteiger partial charge in [-0.15, -0.1) is 0 Å². The van der Waals surface area contributed by atoms with Crippen molar-refractivity contribution in [3.05, 3.63) is 23.8 Å². The third kappa shape index (κ3) is 2.77. The molecular weight excluding hydrogens is 162 g/mol. The predicted molar refractivity (Wildman–Crippen MR) is 51.5 cm³/mol. The van der Waals surface area contributed by atoms with E-state index in [1.807, 2.05) is 19.2 Å². The number of aryl methyl sites for hydroxylation is 1. The fourth-order valence-electron chi connectivity index (χ4n) is 1.34. The molecule has 13 heavy (non-hydrogen) atoms. The zero-order valence-electron chi connectivity index (χ0n) is 7.95. The van der Waals surface area contributed by atoms with Gasteiger partial charge in [0, 0.05) is 30.9 Å². The van der Waals surface area contributed by atoms with Gasteiger partial charge in [-0.3, -0.25) is 0 Å². The van der Waals surface area contributed by atoms with Gasteiger partial charge in [0.25, 0.3) is 0 Å². The molecule has 3 heteroatoms. The molecule has 1 aliphatic rings. The monoisotopic (exact) mass is 177 g/mol. The molecule has 0 unspecified atom stereocenters. The molecule has 1 saturated carbocycles. The summed E-state index contributed by atoms with van der Waals surface area (Å²) in [5.41, 5.74) is 1.14. The largest absolute Gasteiger partial charge is 0.314 e. The summed E-state index contributed by atoms with van der Waals surface area (Å²) in [6, 6.07) is 2.78. The third-order valence-electron chi connectivity index (χ3n) is 2.23. The number of rotatable bonds is 4. The van der Waals surface area contributed by atoms with Gasteiger partial charge in [-0.25, -0.2) is 9.97 Å². The van der Waals surface area contributed by atoms with E-state index in [1.165, 1.54) is 12.8 Å². The van der Waals surface area contributed by atoms with Gasteiger partial charge in [0.1, 0.15) is 5.82 Å². The maximum Gasteiger partial charge on any atom is 0.125 e. The van der Waals surface area contributed by atoms with E-state index < -0.39 is 0 Å². The van der Waals surface area contributed by atoms with Gasteiger partial charge in [-0.2, -0.15) is 0 Å². The van der Waals surface area contributed by atoms with Crippen molar-refractivity contribution in [2.45, 2.75) is 32.2 Å². The molecule has 0 bridgehead atoms. The van der Waals surface area contributed by atoms with E-state index in [0.717, 1.165) is 30.5 Å². The molecule has 1 aromatic rings. The molecular formula is C10H15N3. The van der Waals surface area contributed by atoms with E-state index in [4.69, 9.17) is 0 Å². The molecule has 0 aliphatic heterocycles. The lowest BCUT2D eigenvalue weighted by Gasteiger charge is -2.02. The summed E-state index contributed by atoms with van der Waals surface area (Å²) in [6.45, 7) is 2.97. The first-order chi connectivity index (χ1) is 6.34. The fourth-order valence-corrected chi connectivity index (χ4v) is 1.34. The smallest absolute Gasteiger partial charge is 0.125 e. The highest BCUT2D eigenvalue weighted by Gasteiger charge is 2.19.